The lowest BCUT2D eigenvalue weighted by Gasteiger charge is -2.16. The maximum absolute atomic E-state index is 12.0. The molecule has 0 fully saturated rings. The standard InChI is InChI=1S/C15H15NO2/c17-11-14(12-7-3-1-4-8-12)16-15(18)13-9-5-2-6-10-13/h1-10,14,17H,11H2,(H,16,18)/t14-/m0/s1. The zero-order valence-electron chi connectivity index (χ0n) is 9.91. The Hall–Kier alpha value is -2.13. The van der Waals surface area contributed by atoms with Gasteiger partial charge in [-0.15, -0.1) is 0 Å². The van der Waals surface area contributed by atoms with Crippen molar-refractivity contribution < 1.29 is 9.90 Å². The first-order valence-corrected chi connectivity index (χ1v) is 5.83. The molecule has 0 saturated heterocycles. The van der Waals surface area contributed by atoms with Crippen molar-refractivity contribution in [3.63, 3.8) is 0 Å². The number of benzene rings is 2. The molecule has 0 aliphatic rings. The topological polar surface area (TPSA) is 49.3 Å². The number of nitrogens with one attached hydrogen (secondary N) is 1. The van der Waals surface area contributed by atoms with Crippen molar-refractivity contribution in [3.05, 3.63) is 71.8 Å². The number of rotatable bonds is 4. The molecule has 0 aliphatic carbocycles. The highest BCUT2D eigenvalue weighted by molar-refractivity contribution is 5.94. The molecule has 2 N–H and O–H groups in total. The predicted octanol–water partition coefficient (Wildman–Crippen LogP) is 2.15. The van der Waals surface area contributed by atoms with E-state index in [2.05, 4.69) is 5.32 Å². The molecule has 2 aromatic rings. The monoisotopic (exact) mass is 241 g/mol. The summed E-state index contributed by atoms with van der Waals surface area (Å²) in [5, 5.41) is 12.2. The first-order valence-electron chi connectivity index (χ1n) is 5.83. The second-order valence-corrected chi connectivity index (χ2v) is 3.99. The van der Waals surface area contributed by atoms with Crippen molar-refractivity contribution in [1.82, 2.24) is 5.32 Å². The van der Waals surface area contributed by atoms with E-state index in [1.54, 1.807) is 12.1 Å². The van der Waals surface area contributed by atoms with Gasteiger partial charge >= 0.3 is 0 Å². The second-order valence-electron chi connectivity index (χ2n) is 3.99. The van der Waals surface area contributed by atoms with Crippen LogP contribution in [-0.2, 0) is 0 Å². The summed E-state index contributed by atoms with van der Waals surface area (Å²) in [7, 11) is 0. The zero-order chi connectivity index (χ0) is 12.8. The van der Waals surface area contributed by atoms with Gasteiger partial charge in [0.05, 0.1) is 12.6 Å². The molecule has 0 aliphatic heterocycles. The Morgan fingerprint density at radius 1 is 1.00 bits per heavy atom. The van der Waals surface area contributed by atoms with E-state index in [1.165, 1.54) is 0 Å². The van der Waals surface area contributed by atoms with Crippen LogP contribution in [0.25, 0.3) is 0 Å². The molecule has 2 aromatic carbocycles. The Morgan fingerprint density at radius 3 is 2.11 bits per heavy atom. The van der Waals surface area contributed by atoms with Crippen LogP contribution < -0.4 is 5.32 Å². The van der Waals surface area contributed by atoms with Crippen LogP contribution in [0, 0.1) is 0 Å². The third kappa shape index (κ3) is 2.96. The Morgan fingerprint density at radius 2 is 1.56 bits per heavy atom. The molecule has 1 atom stereocenters. The maximum atomic E-state index is 12.0. The third-order valence-electron chi connectivity index (χ3n) is 2.73. The summed E-state index contributed by atoms with van der Waals surface area (Å²) in [6.07, 6.45) is 0. The van der Waals surface area contributed by atoms with E-state index < -0.39 is 0 Å². The van der Waals surface area contributed by atoms with Gasteiger partial charge in [-0.1, -0.05) is 48.5 Å². The second kappa shape index (κ2) is 5.98. The van der Waals surface area contributed by atoms with Gasteiger partial charge in [0.25, 0.3) is 5.91 Å². The fraction of sp³-hybridized carbons (Fsp3) is 0.133. The molecule has 0 radical (unpaired) electrons. The Bertz CT molecular complexity index is 496. The highest BCUT2D eigenvalue weighted by Gasteiger charge is 2.14. The average molecular weight is 241 g/mol. The lowest BCUT2D eigenvalue weighted by molar-refractivity contribution is 0.0916. The molecule has 3 nitrogen and oxygen atoms in total. The van der Waals surface area contributed by atoms with Crippen LogP contribution in [0.5, 0.6) is 0 Å². The molecular formula is C15H15NO2. The van der Waals surface area contributed by atoms with Gasteiger partial charge in [-0.25, -0.2) is 0 Å². The maximum Gasteiger partial charge on any atom is 0.251 e. The van der Waals surface area contributed by atoms with Crippen LogP contribution >= 0.6 is 0 Å². The van der Waals surface area contributed by atoms with Gasteiger partial charge in [0, 0.05) is 5.56 Å². The molecule has 0 saturated carbocycles. The summed E-state index contributed by atoms with van der Waals surface area (Å²) in [6, 6.07) is 18.0. The van der Waals surface area contributed by atoms with E-state index in [-0.39, 0.29) is 18.6 Å². The van der Waals surface area contributed by atoms with Gasteiger partial charge in [-0.2, -0.15) is 0 Å². The summed E-state index contributed by atoms with van der Waals surface area (Å²) in [5.41, 5.74) is 1.48. The fourth-order valence-electron chi connectivity index (χ4n) is 1.75. The molecule has 0 heterocycles. The van der Waals surface area contributed by atoms with Gasteiger partial charge in [-0.05, 0) is 17.7 Å². The first-order chi connectivity index (χ1) is 8.81. The molecule has 0 bridgehead atoms. The normalized spacial score (nSPS) is 11.8. The SMILES string of the molecule is O=C(N[C@@H](CO)c1ccccc1)c1ccccc1. The Kier molecular flexibility index (Phi) is 4.10. The summed E-state index contributed by atoms with van der Waals surface area (Å²) >= 11 is 0. The molecule has 18 heavy (non-hydrogen) atoms. The van der Waals surface area contributed by atoms with Crippen LogP contribution in [0.4, 0.5) is 0 Å². The van der Waals surface area contributed by atoms with Crippen LogP contribution in [-0.4, -0.2) is 17.6 Å². The van der Waals surface area contributed by atoms with Crippen molar-refractivity contribution in [2.75, 3.05) is 6.61 Å². The Labute approximate surface area is 106 Å². The molecule has 3 heteroatoms. The van der Waals surface area contributed by atoms with Gasteiger partial charge in [-0.3, -0.25) is 4.79 Å². The van der Waals surface area contributed by atoms with Crippen molar-refractivity contribution in [2.45, 2.75) is 6.04 Å². The van der Waals surface area contributed by atoms with Crippen LogP contribution in [0.15, 0.2) is 60.7 Å². The van der Waals surface area contributed by atoms with Crippen molar-refractivity contribution >= 4 is 5.91 Å². The molecule has 92 valence electrons. The number of amides is 1. The molecular weight excluding hydrogens is 226 g/mol. The van der Waals surface area contributed by atoms with Gasteiger partial charge < -0.3 is 10.4 Å². The van der Waals surface area contributed by atoms with E-state index in [1.807, 2.05) is 48.5 Å². The van der Waals surface area contributed by atoms with Crippen LogP contribution in [0.1, 0.15) is 22.0 Å². The summed E-state index contributed by atoms with van der Waals surface area (Å²) in [4.78, 5) is 12.0. The number of hydrogen-bond acceptors (Lipinski definition) is 2. The van der Waals surface area contributed by atoms with E-state index >= 15 is 0 Å². The smallest absolute Gasteiger partial charge is 0.251 e. The van der Waals surface area contributed by atoms with E-state index in [0.29, 0.717) is 5.56 Å². The minimum Gasteiger partial charge on any atom is -0.394 e. The highest BCUT2D eigenvalue weighted by atomic mass is 16.3. The number of hydrogen-bond donors (Lipinski definition) is 2. The molecule has 2 rings (SSSR count). The lowest BCUT2D eigenvalue weighted by Crippen LogP contribution is -2.30. The van der Waals surface area contributed by atoms with Crippen molar-refractivity contribution in [2.24, 2.45) is 0 Å². The van der Waals surface area contributed by atoms with Crippen LogP contribution in [0.2, 0.25) is 0 Å². The van der Waals surface area contributed by atoms with E-state index in [9.17, 15) is 9.90 Å². The molecule has 0 unspecified atom stereocenters. The van der Waals surface area contributed by atoms with E-state index in [4.69, 9.17) is 0 Å². The Balaban J connectivity index is 2.10. The van der Waals surface area contributed by atoms with E-state index in [0.717, 1.165) is 5.56 Å². The highest BCUT2D eigenvalue weighted by Crippen LogP contribution is 2.12. The van der Waals surface area contributed by atoms with Gasteiger partial charge in [0.2, 0.25) is 0 Å². The molecule has 0 aromatic heterocycles. The number of carbonyl (C=O) groups is 1. The summed E-state index contributed by atoms with van der Waals surface area (Å²) in [6.45, 7) is -0.122. The lowest BCUT2D eigenvalue weighted by atomic mass is 10.1. The summed E-state index contributed by atoms with van der Waals surface area (Å²) < 4.78 is 0. The number of aliphatic hydroxyl groups excluding tert-OH is 1. The molecule has 0 spiro atoms. The number of carbonyl (C=O) groups excluding carboxylic acids is 1. The third-order valence-corrected chi connectivity index (χ3v) is 2.73. The minimum absolute atomic E-state index is 0.122. The quantitative estimate of drug-likeness (QED) is 0.861. The van der Waals surface area contributed by atoms with Crippen LogP contribution in [0.3, 0.4) is 0 Å². The molecule has 1 amide bonds. The fourth-order valence-corrected chi connectivity index (χ4v) is 1.75. The van der Waals surface area contributed by atoms with Gasteiger partial charge in [0.1, 0.15) is 0 Å². The summed E-state index contributed by atoms with van der Waals surface area (Å²) in [5.74, 6) is -0.182. The average Bonchev–Trinajstić information content (AvgIpc) is 2.46. The minimum atomic E-state index is -0.376. The largest absolute Gasteiger partial charge is 0.394 e. The van der Waals surface area contributed by atoms with Gasteiger partial charge in [0.15, 0.2) is 0 Å². The zero-order valence-corrected chi connectivity index (χ0v) is 9.91. The van der Waals surface area contributed by atoms with Crippen molar-refractivity contribution in [1.29, 1.82) is 0 Å². The predicted molar refractivity (Wildman–Crippen MR) is 70.2 cm³/mol. The first kappa shape index (κ1) is 12.3. The number of aliphatic hydroxyl groups is 1. The van der Waals surface area contributed by atoms with Crippen molar-refractivity contribution in [3.8, 4) is 0 Å².